The molecule has 0 aromatic carbocycles. The molecule has 0 atom stereocenters. The lowest BCUT2D eigenvalue weighted by Crippen LogP contribution is -2.27. The van der Waals surface area contributed by atoms with Gasteiger partial charge in [-0.1, -0.05) is 6.92 Å². The number of nitrogens with one attached hydrogen (secondary N) is 2. The van der Waals surface area contributed by atoms with Crippen molar-refractivity contribution in [2.24, 2.45) is 0 Å². The van der Waals surface area contributed by atoms with Crippen LogP contribution in [-0.2, 0) is 24.0 Å². The van der Waals surface area contributed by atoms with Crippen molar-refractivity contribution in [3.8, 4) is 6.07 Å². The van der Waals surface area contributed by atoms with E-state index in [0.717, 1.165) is 37.1 Å². The molecule has 0 amide bonds. The highest BCUT2D eigenvalue weighted by molar-refractivity contribution is 5.56. The van der Waals surface area contributed by atoms with Crippen LogP contribution < -0.4 is 10.3 Å². The maximum atomic E-state index is 9.51. The predicted octanol–water partition coefficient (Wildman–Crippen LogP) is 2.26. The smallest absolute Gasteiger partial charge is 0.290 e. The van der Waals surface area contributed by atoms with Gasteiger partial charge in [-0.2, -0.15) is 5.26 Å². The average Bonchev–Trinajstić information content (AvgIpc) is 2.48. The first kappa shape index (κ1) is 14.8. The highest BCUT2D eigenvalue weighted by Crippen LogP contribution is 2.28. The van der Waals surface area contributed by atoms with Crippen molar-refractivity contribution >= 4 is 5.82 Å². The zero-order chi connectivity index (χ0) is 14.4. The molecule has 108 valence electrons. The summed E-state index contributed by atoms with van der Waals surface area (Å²) in [4.78, 5) is 3.46. The highest BCUT2D eigenvalue weighted by Gasteiger charge is 2.24. The predicted molar refractivity (Wildman–Crippen MR) is 78.7 cm³/mol. The van der Waals surface area contributed by atoms with Crippen molar-refractivity contribution in [3.05, 3.63) is 22.4 Å². The van der Waals surface area contributed by atoms with Crippen molar-refractivity contribution in [2.45, 2.75) is 45.4 Å². The number of anilines is 1. The van der Waals surface area contributed by atoms with E-state index in [2.05, 4.69) is 23.3 Å². The van der Waals surface area contributed by atoms with E-state index in [1.165, 1.54) is 29.7 Å². The molecule has 0 unspecified atom stereocenters. The Labute approximate surface area is 121 Å². The van der Waals surface area contributed by atoms with Crippen LogP contribution in [0.2, 0.25) is 0 Å². The number of aromatic nitrogens is 1. The first-order chi connectivity index (χ1) is 9.81. The van der Waals surface area contributed by atoms with E-state index in [1.54, 1.807) is 7.11 Å². The summed E-state index contributed by atoms with van der Waals surface area (Å²) in [6, 6.07) is 2.39. The van der Waals surface area contributed by atoms with Gasteiger partial charge in [-0.15, -0.1) is 0 Å². The molecule has 0 bridgehead atoms. The topological polar surface area (TPSA) is 59.2 Å². The van der Waals surface area contributed by atoms with E-state index in [0.29, 0.717) is 13.2 Å². The number of fused-ring (bicyclic) bond motifs is 1. The molecule has 0 saturated heterocycles. The summed E-state index contributed by atoms with van der Waals surface area (Å²) < 4.78 is 5.07. The summed E-state index contributed by atoms with van der Waals surface area (Å²) in [7, 11) is 1.69. The lowest BCUT2D eigenvalue weighted by atomic mass is 9.87. The molecule has 0 fully saturated rings. The summed E-state index contributed by atoms with van der Waals surface area (Å²) in [5, 5.41) is 12.8. The maximum Gasteiger partial charge on any atom is 0.290 e. The molecule has 20 heavy (non-hydrogen) atoms. The Morgan fingerprint density at radius 2 is 2.05 bits per heavy atom. The molecule has 1 aromatic heterocycles. The van der Waals surface area contributed by atoms with E-state index < -0.39 is 0 Å². The Morgan fingerprint density at radius 3 is 2.70 bits per heavy atom. The van der Waals surface area contributed by atoms with Crippen molar-refractivity contribution in [3.63, 3.8) is 0 Å². The highest BCUT2D eigenvalue weighted by atomic mass is 16.5. The van der Waals surface area contributed by atoms with Gasteiger partial charge in [-0.3, -0.25) is 5.32 Å². The van der Waals surface area contributed by atoms with E-state index in [1.807, 2.05) is 0 Å². The average molecular weight is 274 g/mol. The van der Waals surface area contributed by atoms with Crippen LogP contribution in [0.5, 0.6) is 0 Å². The molecule has 1 aliphatic carbocycles. The van der Waals surface area contributed by atoms with Crippen molar-refractivity contribution in [2.75, 3.05) is 25.6 Å². The molecule has 0 radical (unpaired) electrons. The molecule has 4 heteroatoms. The number of H-pyrrole nitrogens is 1. The number of methoxy groups -OCH3 is 1. The summed E-state index contributed by atoms with van der Waals surface area (Å²) >= 11 is 0. The van der Waals surface area contributed by atoms with Gasteiger partial charge >= 0.3 is 0 Å². The number of ether oxygens (including phenoxy) is 1. The number of nitrogens with zero attached hydrogens (tertiary/aromatic N) is 1. The van der Waals surface area contributed by atoms with Gasteiger partial charge in [0.25, 0.3) is 5.82 Å². The van der Waals surface area contributed by atoms with E-state index in [9.17, 15) is 5.26 Å². The fraction of sp³-hybridized carbons (Fsp3) is 0.625. The summed E-state index contributed by atoms with van der Waals surface area (Å²) in [5.41, 5.74) is 4.77. The number of hydrogen-bond donors (Lipinski definition) is 1. The van der Waals surface area contributed by atoms with Gasteiger partial charge in [0.2, 0.25) is 0 Å². The third-order valence-corrected chi connectivity index (χ3v) is 3.88. The third-order valence-electron chi connectivity index (χ3n) is 3.88. The van der Waals surface area contributed by atoms with Crippen LogP contribution in [0.1, 0.15) is 48.6 Å². The minimum absolute atomic E-state index is 0.638. The SMILES string of the molecule is CCCc1[nH+]c(NCCOC)c(C#N)c2c1CCCC2. The molecule has 1 aliphatic rings. The Bertz CT molecular complexity index is 505. The van der Waals surface area contributed by atoms with Crippen molar-refractivity contribution in [1.82, 2.24) is 0 Å². The third kappa shape index (κ3) is 3.10. The largest absolute Gasteiger partial charge is 0.381 e. The van der Waals surface area contributed by atoms with Gasteiger partial charge in [-0.05, 0) is 43.2 Å². The zero-order valence-electron chi connectivity index (χ0n) is 12.5. The van der Waals surface area contributed by atoms with Crippen LogP contribution in [0.3, 0.4) is 0 Å². The second kappa shape index (κ2) is 7.25. The Hall–Kier alpha value is -1.60. The molecule has 4 nitrogen and oxygen atoms in total. The van der Waals surface area contributed by atoms with E-state index >= 15 is 0 Å². The minimum Gasteiger partial charge on any atom is -0.381 e. The zero-order valence-corrected chi connectivity index (χ0v) is 12.5. The first-order valence-electron chi connectivity index (χ1n) is 7.54. The first-order valence-corrected chi connectivity index (χ1v) is 7.54. The molecule has 0 saturated carbocycles. The molecular weight excluding hydrogens is 250 g/mol. The molecule has 1 heterocycles. The van der Waals surface area contributed by atoms with Gasteiger partial charge < -0.3 is 4.74 Å². The van der Waals surface area contributed by atoms with Crippen LogP contribution in [0, 0.1) is 11.3 Å². The minimum atomic E-state index is 0.638. The molecule has 0 spiro atoms. The fourth-order valence-corrected chi connectivity index (χ4v) is 2.95. The lowest BCUT2D eigenvalue weighted by molar-refractivity contribution is -0.375. The van der Waals surface area contributed by atoms with Crippen LogP contribution >= 0.6 is 0 Å². The number of nitriles is 1. The Balaban J connectivity index is 2.39. The van der Waals surface area contributed by atoms with Crippen LogP contribution in [0.15, 0.2) is 0 Å². The van der Waals surface area contributed by atoms with E-state index in [-0.39, 0.29) is 0 Å². The normalized spacial score (nSPS) is 13.7. The number of rotatable bonds is 6. The summed E-state index contributed by atoms with van der Waals surface area (Å²) in [6.07, 6.45) is 6.73. The fourth-order valence-electron chi connectivity index (χ4n) is 2.95. The quantitative estimate of drug-likeness (QED) is 0.809. The molecule has 2 rings (SSSR count). The Morgan fingerprint density at radius 1 is 1.30 bits per heavy atom. The summed E-state index contributed by atoms with van der Waals surface area (Å²) in [5.74, 6) is 0.869. The van der Waals surface area contributed by atoms with Gasteiger partial charge in [0.15, 0.2) is 0 Å². The Kier molecular flexibility index (Phi) is 5.37. The number of aromatic amines is 1. The van der Waals surface area contributed by atoms with Gasteiger partial charge in [0.05, 0.1) is 6.61 Å². The summed E-state index contributed by atoms with van der Waals surface area (Å²) in [6.45, 7) is 3.55. The number of pyridine rings is 1. The van der Waals surface area contributed by atoms with Crippen LogP contribution in [0.4, 0.5) is 5.82 Å². The van der Waals surface area contributed by atoms with Gasteiger partial charge in [0.1, 0.15) is 23.9 Å². The molecular formula is C16H24N3O+. The molecule has 0 aliphatic heterocycles. The molecule has 1 aromatic rings. The van der Waals surface area contributed by atoms with Gasteiger partial charge in [0, 0.05) is 13.5 Å². The lowest BCUT2D eigenvalue weighted by Gasteiger charge is -2.19. The van der Waals surface area contributed by atoms with Crippen LogP contribution in [-0.4, -0.2) is 20.3 Å². The second-order valence-corrected chi connectivity index (χ2v) is 5.30. The van der Waals surface area contributed by atoms with Crippen molar-refractivity contribution in [1.29, 1.82) is 5.26 Å². The van der Waals surface area contributed by atoms with Crippen molar-refractivity contribution < 1.29 is 9.72 Å². The standard InChI is InChI=1S/C16H23N3O/c1-3-6-15-13-8-5-4-7-12(13)14(11-17)16(19-15)18-9-10-20-2/h3-10H2,1-2H3,(H,18,19)/p+1. The van der Waals surface area contributed by atoms with Gasteiger partial charge in [-0.25, -0.2) is 4.98 Å². The monoisotopic (exact) mass is 274 g/mol. The second-order valence-electron chi connectivity index (χ2n) is 5.30. The van der Waals surface area contributed by atoms with E-state index in [4.69, 9.17) is 4.74 Å². The van der Waals surface area contributed by atoms with Crippen LogP contribution in [0.25, 0.3) is 0 Å². The maximum absolute atomic E-state index is 9.51. The molecule has 2 N–H and O–H groups in total. The number of hydrogen-bond acceptors (Lipinski definition) is 3. The number of aryl methyl sites for hydroxylation is 1.